The highest BCUT2D eigenvalue weighted by Crippen LogP contribution is 2.40. The van der Waals surface area contributed by atoms with E-state index in [9.17, 15) is 0 Å². The van der Waals surface area contributed by atoms with E-state index in [1.807, 2.05) is 48.5 Å². The third-order valence-corrected chi connectivity index (χ3v) is 13.5. The Labute approximate surface area is 426 Å². The molecule has 6 heteroatoms. The van der Waals surface area contributed by atoms with Crippen LogP contribution in [0.5, 0.6) is 11.5 Å². The summed E-state index contributed by atoms with van der Waals surface area (Å²) in [6, 6.07) is 38.4. The van der Waals surface area contributed by atoms with Crippen LogP contribution in [-0.4, -0.2) is 34.2 Å². The number of methoxy groups -OCH3 is 2. The minimum absolute atomic E-state index is 0.110. The van der Waals surface area contributed by atoms with Gasteiger partial charge in [0.2, 0.25) is 0 Å². The van der Waals surface area contributed by atoms with E-state index >= 15 is 0 Å². The van der Waals surface area contributed by atoms with Crippen molar-refractivity contribution in [1.82, 2.24) is 19.9 Å². The Kier molecular flexibility index (Phi) is 12.8. The van der Waals surface area contributed by atoms with Gasteiger partial charge in [-0.2, -0.15) is 0 Å². The van der Waals surface area contributed by atoms with E-state index in [0.29, 0.717) is 0 Å². The Morgan fingerprint density at radius 3 is 1.01 bits per heavy atom. The van der Waals surface area contributed by atoms with Gasteiger partial charge in [-0.15, -0.1) is 0 Å². The highest BCUT2D eigenvalue weighted by atomic mass is 16.5. The first-order valence-electron chi connectivity index (χ1n) is 24.9. The zero-order valence-corrected chi connectivity index (χ0v) is 44.4. The van der Waals surface area contributed by atoms with E-state index in [0.717, 1.165) is 101 Å². The number of aromatic nitrogens is 4. The number of rotatable bonds is 4. The van der Waals surface area contributed by atoms with Crippen LogP contribution in [0.1, 0.15) is 150 Å². The molecular formula is C66H66N4O2. The van der Waals surface area contributed by atoms with E-state index < -0.39 is 0 Å². The number of fused-ring (bicyclic) bond motifs is 8. The maximum absolute atomic E-state index is 5.53. The van der Waals surface area contributed by atoms with Gasteiger partial charge >= 0.3 is 0 Å². The number of nitrogens with zero attached hydrogens (tertiary/aromatic N) is 2. The van der Waals surface area contributed by atoms with Crippen LogP contribution in [-0.2, 0) is 21.7 Å². The topological polar surface area (TPSA) is 75.8 Å². The summed E-state index contributed by atoms with van der Waals surface area (Å²) >= 11 is 0. The van der Waals surface area contributed by atoms with Crippen molar-refractivity contribution in [1.29, 1.82) is 0 Å². The molecule has 72 heavy (non-hydrogen) atoms. The number of aromatic amines is 2. The van der Waals surface area contributed by atoms with Gasteiger partial charge in [0.15, 0.2) is 0 Å². The van der Waals surface area contributed by atoms with Gasteiger partial charge in [0.25, 0.3) is 0 Å². The fourth-order valence-electron chi connectivity index (χ4n) is 8.97. The first-order valence-corrected chi connectivity index (χ1v) is 24.9. The Bertz CT molecular complexity index is 3380. The molecule has 0 radical (unpaired) electrons. The molecule has 7 aromatic rings. The van der Waals surface area contributed by atoms with Crippen molar-refractivity contribution < 1.29 is 9.47 Å². The predicted octanol–water partition coefficient (Wildman–Crippen LogP) is 16.0. The average molecular weight is 947 g/mol. The minimum atomic E-state index is -0.110. The molecule has 0 saturated heterocycles. The van der Waals surface area contributed by atoms with Gasteiger partial charge in [-0.05, 0) is 152 Å². The van der Waals surface area contributed by atoms with Crippen molar-refractivity contribution in [3.05, 3.63) is 176 Å². The van der Waals surface area contributed by atoms with Crippen LogP contribution in [0.15, 0.2) is 109 Å². The quantitative estimate of drug-likeness (QED) is 0.172. The van der Waals surface area contributed by atoms with Crippen molar-refractivity contribution >= 4 is 46.4 Å². The molecule has 9 rings (SSSR count). The molecule has 0 unspecified atom stereocenters. The lowest BCUT2D eigenvalue weighted by atomic mass is 9.78. The Balaban J connectivity index is 1.45. The fraction of sp³-hybridized carbons (Fsp3) is 0.273. The van der Waals surface area contributed by atoms with E-state index in [4.69, 9.17) is 19.4 Å². The molecule has 2 aliphatic heterocycles. The summed E-state index contributed by atoms with van der Waals surface area (Å²) in [7, 11) is 3.35. The van der Waals surface area contributed by atoms with Crippen molar-refractivity contribution in [2.45, 2.75) is 105 Å². The molecule has 0 saturated carbocycles. The van der Waals surface area contributed by atoms with Crippen LogP contribution in [0, 0.1) is 23.7 Å². The lowest BCUT2D eigenvalue weighted by molar-refractivity contribution is 0.414. The Morgan fingerprint density at radius 2 is 0.681 bits per heavy atom. The smallest absolute Gasteiger partial charge is 0.118 e. The van der Waals surface area contributed by atoms with Gasteiger partial charge in [0.05, 0.1) is 59.2 Å². The summed E-state index contributed by atoms with van der Waals surface area (Å²) in [5, 5.41) is 0. The number of ether oxygens (including phenoxy) is 2. The predicted molar refractivity (Wildman–Crippen MR) is 302 cm³/mol. The molecule has 0 aliphatic carbocycles. The number of benzene rings is 4. The summed E-state index contributed by atoms with van der Waals surface area (Å²) in [5.74, 6) is 15.7. The second-order valence-corrected chi connectivity index (χ2v) is 23.1. The van der Waals surface area contributed by atoms with E-state index in [1.54, 1.807) is 14.2 Å². The molecule has 6 nitrogen and oxygen atoms in total. The standard InChI is InChI=1S/C66H66N4O2/c1-63(2,3)45-35-43(36-46(39-45)64(4,5)6)61-57-31-27-53(67-57)51(25-19-41-15-21-49(71-13)22-16-41)55-29-33-59(69-55)62(44-37-47(65(7,8)9)40-48(38-44)66(10,11)12)60-34-30-56(70-60)52(54-28-32-58(61)68-54)26-20-42-17-23-50(72-14)24-18-42/h15-18,21-24,27-40,67,69H,1-14H3. The molecule has 3 aromatic heterocycles. The number of hydrogen-bond donors (Lipinski definition) is 2. The van der Waals surface area contributed by atoms with Crippen LogP contribution in [0.25, 0.3) is 68.6 Å². The van der Waals surface area contributed by atoms with Gasteiger partial charge in [-0.3, -0.25) is 0 Å². The SMILES string of the molecule is COc1ccc(C#Cc2c3nc(c(-c4cc(C(C)(C)C)cc(C(C)(C)C)c4)c4ccc([nH]4)c(C#Cc4ccc(OC)cc4)c4ccc([nH]4)c(-c4cc(C(C)(C)C)cc(C(C)(C)C)c4)c4nc2C=C4)C=C3)cc1. The number of hydrogen-bond acceptors (Lipinski definition) is 4. The van der Waals surface area contributed by atoms with Crippen LogP contribution in [0.4, 0.5) is 0 Å². The van der Waals surface area contributed by atoms with E-state index in [-0.39, 0.29) is 21.7 Å². The lowest BCUT2D eigenvalue weighted by Gasteiger charge is -2.26. The van der Waals surface area contributed by atoms with Gasteiger partial charge < -0.3 is 19.4 Å². The van der Waals surface area contributed by atoms with Crippen LogP contribution in [0.3, 0.4) is 0 Å². The van der Waals surface area contributed by atoms with Crippen LogP contribution >= 0.6 is 0 Å². The van der Waals surface area contributed by atoms with Crippen LogP contribution < -0.4 is 9.47 Å². The summed E-state index contributed by atoms with van der Waals surface area (Å²) in [6.45, 7) is 27.3. The third-order valence-electron chi connectivity index (χ3n) is 13.5. The maximum Gasteiger partial charge on any atom is 0.118 e. The van der Waals surface area contributed by atoms with Gasteiger partial charge in [0.1, 0.15) is 11.5 Å². The molecule has 0 fully saturated rings. The highest BCUT2D eigenvalue weighted by Gasteiger charge is 2.26. The largest absolute Gasteiger partial charge is 0.497 e. The summed E-state index contributed by atoms with van der Waals surface area (Å²) in [5.41, 5.74) is 18.7. The summed E-state index contributed by atoms with van der Waals surface area (Å²) < 4.78 is 11.0. The molecule has 5 heterocycles. The van der Waals surface area contributed by atoms with E-state index in [1.165, 1.54) is 22.3 Å². The number of H-pyrrole nitrogens is 2. The van der Waals surface area contributed by atoms with E-state index in [2.05, 4.69) is 202 Å². The normalized spacial score (nSPS) is 12.5. The van der Waals surface area contributed by atoms with Crippen molar-refractivity contribution in [3.8, 4) is 57.4 Å². The molecule has 0 amide bonds. The highest BCUT2D eigenvalue weighted by molar-refractivity contribution is 5.96. The third kappa shape index (κ3) is 10.3. The zero-order chi connectivity index (χ0) is 51.3. The summed E-state index contributed by atoms with van der Waals surface area (Å²) in [4.78, 5) is 18.9. The van der Waals surface area contributed by atoms with Gasteiger partial charge in [-0.25, -0.2) is 9.97 Å². The molecular weight excluding hydrogens is 881 g/mol. The molecule has 0 atom stereocenters. The van der Waals surface area contributed by atoms with Crippen molar-refractivity contribution in [3.63, 3.8) is 0 Å². The maximum atomic E-state index is 5.53. The molecule has 8 bridgehead atoms. The average Bonchev–Trinajstić information content (AvgIpc) is 4.19. The van der Waals surface area contributed by atoms with Crippen molar-refractivity contribution in [2.75, 3.05) is 14.2 Å². The van der Waals surface area contributed by atoms with Crippen LogP contribution in [0.2, 0.25) is 0 Å². The molecule has 4 aromatic carbocycles. The Hall–Kier alpha value is -7.80. The second-order valence-electron chi connectivity index (χ2n) is 23.1. The minimum Gasteiger partial charge on any atom is -0.497 e. The van der Waals surface area contributed by atoms with Gasteiger partial charge in [-0.1, -0.05) is 143 Å². The second kappa shape index (κ2) is 18.7. The molecule has 2 aliphatic rings. The number of nitrogens with one attached hydrogen (secondary N) is 2. The molecule has 0 spiro atoms. The van der Waals surface area contributed by atoms with Gasteiger partial charge in [0, 0.05) is 33.3 Å². The summed E-state index contributed by atoms with van der Waals surface area (Å²) in [6.07, 6.45) is 8.42. The van der Waals surface area contributed by atoms with Crippen molar-refractivity contribution in [2.24, 2.45) is 0 Å². The first-order chi connectivity index (χ1) is 34.0. The molecule has 2 N–H and O–H groups in total. The zero-order valence-electron chi connectivity index (χ0n) is 44.4. The monoisotopic (exact) mass is 947 g/mol. The lowest BCUT2D eigenvalue weighted by Crippen LogP contribution is -2.16. The fourth-order valence-corrected chi connectivity index (χ4v) is 8.97. The molecule has 362 valence electrons. The Morgan fingerprint density at radius 1 is 0.361 bits per heavy atom. The first kappa shape index (κ1) is 49.2.